The molecule has 0 radical (unpaired) electrons. The smallest absolute Gasteiger partial charge is 0.225 e. The van der Waals surface area contributed by atoms with Crippen molar-refractivity contribution in [2.24, 2.45) is 0 Å². The van der Waals surface area contributed by atoms with Crippen molar-refractivity contribution in [3.8, 4) is 0 Å². The summed E-state index contributed by atoms with van der Waals surface area (Å²) in [5.41, 5.74) is 2.47. The standard InChI is InChI=1S/C17H19FN2O/c1-13-6-2-5-9-16(13)20-17(21)10-11-19-12-14-7-3-4-8-15(14)18/h2-9,19H,10-12H2,1H3,(H,20,21). The molecule has 0 heterocycles. The molecule has 0 aliphatic carbocycles. The number of halogens is 1. The maximum Gasteiger partial charge on any atom is 0.225 e. The van der Waals surface area contributed by atoms with Crippen molar-refractivity contribution in [1.29, 1.82) is 0 Å². The first-order chi connectivity index (χ1) is 10.2. The van der Waals surface area contributed by atoms with Gasteiger partial charge in [0.05, 0.1) is 0 Å². The van der Waals surface area contributed by atoms with Crippen LogP contribution in [0.15, 0.2) is 48.5 Å². The van der Waals surface area contributed by atoms with E-state index in [0.29, 0.717) is 25.1 Å². The fraction of sp³-hybridized carbons (Fsp3) is 0.235. The maximum atomic E-state index is 13.4. The molecule has 0 saturated carbocycles. The summed E-state index contributed by atoms with van der Waals surface area (Å²) in [5, 5.41) is 5.94. The van der Waals surface area contributed by atoms with Gasteiger partial charge in [-0.1, -0.05) is 36.4 Å². The number of para-hydroxylation sites is 1. The molecule has 110 valence electrons. The van der Waals surface area contributed by atoms with E-state index in [1.165, 1.54) is 6.07 Å². The molecule has 1 amide bonds. The average Bonchev–Trinajstić information content (AvgIpc) is 2.48. The zero-order chi connectivity index (χ0) is 15.1. The van der Waals surface area contributed by atoms with Gasteiger partial charge in [0.15, 0.2) is 0 Å². The second-order valence-electron chi connectivity index (χ2n) is 4.88. The number of hydrogen-bond donors (Lipinski definition) is 2. The molecule has 2 rings (SSSR count). The third-order valence-electron chi connectivity index (χ3n) is 3.22. The van der Waals surface area contributed by atoms with Gasteiger partial charge in [0, 0.05) is 30.8 Å². The number of aryl methyl sites for hydroxylation is 1. The van der Waals surface area contributed by atoms with Gasteiger partial charge in [-0.15, -0.1) is 0 Å². The molecule has 0 atom stereocenters. The Kier molecular flexibility index (Phi) is 5.46. The molecule has 0 bridgehead atoms. The van der Waals surface area contributed by atoms with Gasteiger partial charge in [-0.25, -0.2) is 4.39 Å². The summed E-state index contributed by atoms with van der Waals surface area (Å²) in [6.07, 6.45) is 0.350. The summed E-state index contributed by atoms with van der Waals surface area (Å²) in [7, 11) is 0. The number of carbonyl (C=O) groups is 1. The van der Waals surface area contributed by atoms with Crippen molar-refractivity contribution >= 4 is 11.6 Å². The van der Waals surface area contributed by atoms with E-state index in [-0.39, 0.29) is 11.7 Å². The van der Waals surface area contributed by atoms with Gasteiger partial charge >= 0.3 is 0 Å². The second-order valence-corrected chi connectivity index (χ2v) is 4.88. The lowest BCUT2D eigenvalue weighted by molar-refractivity contribution is -0.116. The number of hydrogen-bond acceptors (Lipinski definition) is 2. The van der Waals surface area contributed by atoms with Gasteiger partial charge < -0.3 is 10.6 Å². The third kappa shape index (κ3) is 4.68. The number of nitrogens with one attached hydrogen (secondary N) is 2. The molecular formula is C17H19FN2O. The first kappa shape index (κ1) is 15.2. The molecule has 4 heteroatoms. The van der Waals surface area contributed by atoms with Crippen molar-refractivity contribution < 1.29 is 9.18 Å². The summed E-state index contributed by atoms with van der Waals surface area (Å²) in [6, 6.07) is 14.3. The summed E-state index contributed by atoms with van der Waals surface area (Å²) in [4.78, 5) is 11.8. The van der Waals surface area contributed by atoms with Crippen LogP contribution >= 0.6 is 0 Å². The van der Waals surface area contributed by atoms with Crippen LogP contribution in [0.25, 0.3) is 0 Å². The van der Waals surface area contributed by atoms with Crippen LogP contribution in [0.3, 0.4) is 0 Å². The van der Waals surface area contributed by atoms with Gasteiger partial charge in [0.2, 0.25) is 5.91 Å². The number of carbonyl (C=O) groups excluding carboxylic acids is 1. The quantitative estimate of drug-likeness (QED) is 0.800. The molecular weight excluding hydrogens is 267 g/mol. The Morgan fingerprint density at radius 3 is 2.57 bits per heavy atom. The van der Waals surface area contributed by atoms with Crippen LogP contribution in [0, 0.1) is 12.7 Å². The molecule has 0 unspecified atom stereocenters. The lowest BCUT2D eigenvalue weighted by Gasteiger charge is -2.09. The Morgan fingerprint density at radius 2 is 1.81 bits per heavy atom. The molecule has 2 aromatic rings. The summed E-state index contributed by atoms with van der Waals surface area (Å²) in [6.45, 7) is 2.88. The van der Waals surface area contributed by atoms with E-state index in [9.17, 15) is 9.18 Å². The topological polar surface area (TPSA) is 41.1 Å². The highest BCUT2D eigenvalue weighted by Crippen LogP contribution is 2.13. The Bertz CT molecular complexity index is 613. The van der Waals surface area contributed by atoms with Gasteiger partial charge in [-0.05, 0) is 24.6 Å². The first-order valence-electron chi connectivity index (χ1n) is 6.96. The minimum Gasteiger partial charge on any atom is -0.326 e. The van der Waals surface area contributed by atoms with E-state index in [1.54, 1.807) is 18.2 Å². The van der Waals surface area contributed by atoms with Crippen LogP contribution in [-0.2, 0) is 11.3 Å². The zero-order valence-corrected chi connectivity index (χ0v) is 12.0. The number of amides is 1. The molecule has 2 N–H and O–H groups in total. The Balaban J connectivity index is 1.73. The maximum absolute atomic E-state index is 13.4. The van der Waals surface area contributed by atoms with Crippen LogP contribution in [0.4, 0.5) is 10.1 Å². The van der Waals surface area contributed by atoms with Crippen LogP contribution in [0.5, 0.6) is 0 Å². The second kappa shape index (κ2) is 7.55. The van der Waals surface area contributed by atoms with E-state index < -0.39 is 0 Å². The molecule has 0 saturated heterocycles. The van der Waals surface area contributed by atoms with Crippen LogP contribution in [0.2, 0.25) is 0 Å². The van der Waals surface area contributed by atoms with Crippen LogP contribution in [-0.4, -0.2) is 12.5 Å². The fourth-order valence-corrected chi connectivity index (χ4v) is 1.99. The number of benzene rings is 2. The largest absolute Gasteiger partial charge is 0.326 e. The summed E-state index contributed by atoms with van der Waals surface area (Å²) < 4.78 is 13.4. The highest BCUT2D eigenvalue weighted by molar-refractivity contribution is 5.91. The summed E-state index contributed by atoms with van der Waals surface area (Å²) >= 11 is 0. The molecule has 21 heavy (non-hydrogen) atoms. The molecule has 0 aliphatic rings. The Hall–Kier alpha value is -2.20. The highest BCUT2D eigenvalue weighted by Gasteiger charge is 2.04. The lowest BCUT2D eigenvalue weighted by Crippen LogP contribution is -2.22. The van der Waals surface area contributed by atoms with E-state index in [4.69, 9.17) is 0 Å². The SMILES string of the molecule is Cc1ccccc1NC(=O)CCNCc1ccccc1F. The van der Waals surface area contributed by atoms with Crippen molar-refractivity contribution in [2.75, 3.05) is 11.9 Å². The number of anilines is 1. The van der Waals surface area contributed by atoms with Gasteiger partial charge in [0.25, 0.3) is 0 Å². The Labute approximate surface area is 124 Å². The zero-order valence-electron chi connectivity index (χ0n) is 12.0. The van der Waals surface area contributed by atoms with Crippen molar-refractivity contribution in [1.82, 2.24) is 5.32 Å². The molecule has 3 nitrogen and oxygen atoms in total. The van der Waals surface area contributed by atoms with E-state index in [0.717, 1.165) is 11.3 Å². The summed E-state index contributed by atoms with van der Waals surface area (Å²) in [5.74, 6) is -0.278. The molecule has 0 aromatic heterocycles. The van der Waals surface area contributed by atoms with Gasteiger partial charge in [-0.2, -0.15) is 0 Å². The molecule has 0 aliphatic heterocycles. The van der Waals surface area contributed by atoms with E-state index in [1.807, 2.05) is 31.2 Å². The van der Waals surface area contributed by atoms with Crippen LogP contribution < -0.4 is 10.6 Å². The number of rotatable bonds is 6. The molecule has 0 spiro atoms. The van der Waals surface area contributed by atoms with E-state index in [2.05, 4.69) is 10.6 Å². The third-order valence-corrected chi connectivity index (χ3v) is 3.22. The van der Waals surface area contributed by atoms with Crippen molar-refractivity contribution in [3.63, 3.8) is 0 Å². The predicted molar refractivity (Wildman–Crippen MR) is 82.5 cm³/mol. The minimum absolute atomic E-state index is 0.0506. The predicted octanol–water partition coefficient (Wildman–Crippen LogP) is 3.25. The average molecular weight is 286 g/mol. The van der Waals surface area contributed by atoms with Crippen molar-refractivity contribution in [3.05, 3.63) is 65.5 Å². The van der Waals surface area contributed by atoms with Gasteiger partial charge in [0.1, 0.15) is 5.82 Å². The Morgan fingerprint density at radius 1 is 1.10 bits per heavy atom. The normalized spacial score (nSPS) is 10.4. The lowest BCUT2D eigenvalue weighted by atomic mass is 10.2. The fourth-order valence-electron chi connectivity index (χ4n) is 1.99. The van der Waals surface area contributed by atoms with Crippen LogP contribution in [0.1, 0.15) is 17.5 Å². The first-order valence-corrected chi connectivity index (χ1v) is 6.96. The monoisotopic (exact) mass is 286 g/mol. The van der Waals surface area contributed by atoms with E-state index >= 15 is 0 Å². The van der Waals surface area contributed by atoms with Gasteiger partial charge in [-0.3, -0.25) is 4.79 Å². The highest BCUT2D eigenvalue weighted by atomic mass is 19.1. The minimum atomic E-state index is -0.227. The molecule has 2 aromatic carbocycles. The molecule has 0 fully saturated rings. The van der Waals surface area contributed by atoms with Crippen molar-refractivity contribution in [2.45, 2.75) is 19.9 Å².